The van der Waals surface area contributed by atoms with Gasteiger partial charge in [0, 0.05) is 45.8 Å². The minimum atomic E-state index is -1.02. The summed E-state index contributed by atoms with van der Waals surface area (Å²) in [6, 6.07) is 21.8. The van der Waals surface area contributed by atoms with E-state index in [0.717, 1.165) is 36.1 Å². The average molecular weight is 729 g/mol. The van der Waals surface area contributed by atoms with Gasteiger partial charge >= 0.3 is 0 Å². The molecule has 278 valence electrons. The number of nitrogens with zero attached hydrogens (tertiary/aromatic N) is 1. The minimum Gasteiger partial charge on any atom is -0.507 e. The second kappa shape index (κ2) is 14.9. The van der Waals surface area contributed by atoms with Gasteiger partial charge in [-0.25, -0.2) is 0 Å². The number of benzene rings is 6. The van der Waals surface area contributed by atoms with Crippen LogP contribution < -0.4 is 5.73 Å². The van der Waals surface area contributed by atoms with Crippen molar-refractivity contribution in [3.05, 3.63) is 117 Å². The second-order valence-corrected chi connectivity index (χ2v) is 13.8. The summed E-state index contributed by atoms with van der Waals surface area (Å²) in [5.74, 6) is -4.99. The largest absolute Gasteiger partial charge is 0.507 e. The van der Waals surface area contributed by atoms with Crippen LogP contribution in [-0.2, 0) is 25.7 Å². The third-order valence-electron chi connectivity index (χ3n) is 10.3. The number of rotatable bonds is 11. The number of carbonyl (C=O) groups is 2. The van der Waals surface area contributed by atoms with Crippen LogP contribution in [-0.4, -0.2) is 60.4 Å². The van der Waals surface area contributed by atoms with Gasteiger partial charge in [0.1, 0.15) is 11.5 Å². The first kappa shape index (κ1) is 37.3. The lowest BCUT2D eigenvalue weighted by molar-refractivity contribution is 0.0757. The molecule has 0 atom stereocenters. The average Bonchev–Trinajstić information content (AvgIpc) is 3.15. The van der Waals surface area contributed by atoms with Crippen LogP contribution in [0.3, 0.4) is 0 Å². The highest BCUT2D eigenvalue weighted by atomic mass is 16.3. The van der Waals surface area contributed by atoms with Crippen molar-refractivity contribution >= 4 is 33.4 Å². The molecule has 0 fully saturated rings. The Morgan fingerprint density at radius 1 is 0.537 bits per heavy atom. The van der Waals surface area contributed by atoms with Crippen LogP contribution in [0, 0.1) is 13.8 Å². The zero-order chi connectivity index (χ0) is 39.0. The van der Waals surface area contributed by atoms with E-state index < -0.39 is 40.6 Å². The molecule has 6 aromatic carbocycles. The van der Waals surface area contributed by atoms with E-state index in [4.69, 9.17) is 5.73 Å². The first-order valence-electron chi connectivity index (χ1n) is 17.9. The molecule has 2 amide bonds. The summed E-state index contributed by atoms with van der Waals surface area (Å²) in [5, 5.41) is 66.9. The van der Waals surface area contributed by atoms with E-state index in [0.29, 0.717) is 37.1 Å². The summed E-state index contributed by atoms with van der Waals surface area (Å²) in [6.45, 7) is 8.09. The smallest absolute Gasteiger partial charge is 0.258 e. The summed E-state index contributed by atoms with van der Waals surface area (Å²) in [7, 11) is 0. The van der Waals surface area contributed by atoms with E-state index in [1.807, 2.05) is 24.3 Å². The molecule has 0 radical (unpaired) electrons. The molecular formula is C44H44N2O8. The molecule has 54 heavy (non-hydrogen) atoms. The normalized spacial score (nSPS) is 11.3. The molecule has 0 unspecified atom stereocenters. The van der Waals surface area contributed by atoms with Gasteiger partial charge in [0.25, 0.3) is 11.8 Å². The summed E-state index contributed by atoms with van der Waals surface area (Å²) in [6.07, 6.45) is 2.90. The van der Waals surface area contributed by atoms with Gasteiger partial charge in [-0.15, -0.1) is 0 Å². The van der Waals surface area contributed by atoms with Gasteiger partial charge in [-0.2, -0.15) is 0 Å². The van der Waals surface area contributed by atoms with Crippen molar-refractivity contribution in [2.45, 2.75) is 53.4 Å². The molecule has 0 saturated carbocycles. The van der Waals surface area contributed by atoms with Crippen LogP contribution in [0.4, 0.5) is 0 Å². The lowest BCUT2D eigenvalue weighted by atomic mass is 9.87. The van der Waals surface area contributed by atoms with E-state index in [1.54, 1.807) is 24.8 Å². The lowest BCUT2D eigenvalue weighted by Gasteiger charge is -2.25. The number of nitrogens with two attached hydrogens (primary N) is 1. The van der Waals surface area contributed by atoms with Crippen molar-refractivity contribution in [2.75, 3.05) is 13.1 Å². The van der Waals surface area contributed by atoms with Crippen LogP contribution in [0.5, 0.6) is 34.5 Å². The Labute approximate surface area is 313 Å². The first-order valence-corrected chi connectivity index (χ1v) is 17.9. The molecule has 6 rings (SSSR count). The molecule has 8 N–H and O–H groups in total. The van der Waals surface area contributed by atoms with Crippen molar-refractivity contribution < 1.29 is 40.2 Å². The first-order chi connectivity index (χ1) is 25.7. The molecule has 0 aliphatic rings. The fourth-order valence-electron chi connectivity index (χ4n) is 7.24. The zero-order valence-electron chi connectivity index (χ0n) is 30.7. The molecule has 0 saturated heterocycles. The van der Waals surface area contributed by atoms with E-state index in [9.17, 15) is 40.2 Å². The van der Waals surface area contributed by atoms with Crippen LogP contribution in [0.25, 0.3) is 32.7 Å². The Balaban J connectivity index is 1.47. The van der Waals surface area contributed by atoms with Crippen molar-refractivity contribution in [1.82, 2.24) is 4.90 Å². The van der Waals surface area contributed by atoms with E-state index >= 15 is 0 Å². The summed E-state index contributed by atoms with van der Waals surface area (Å²) >= 11 is 0. The second-order valence-electron chi connectivity index (χ2n) is 13.8. The quantitative estimate of drug-likeness (QED) is 0.0663. The summed E-state index contributed by atoms with van der Waals surface area (Å²) < 4.78 is 0. The highest BCUT2D eigenvalue weighted by molar-refractivity contribution is 6.16. The highest BCUT2D eigenvalue weighted by Gasteiger charge is 2.29. The van der Waals surface area contributed by atoms with Crippen molar-refractivity contribution in [3.63, 3.8) is 0 Å². The molecule has 0 aliphatic carbocycles. The monoisotopic (exact) mass is 728 g/mol. The molecule has 10 heteroatoms. The topological polar surface area (TPSA) is 185 Å². The van der Waals surface area contributed by atoms with E-state index in [-0.39, 0.29) is 49.5 Å². The Morgan fingerprint density at radius 3 is 1.30 bits per heavy atom. The van der Waals surface area contributed by atoms with Gasteiger partial charge in [-0.1, -0.05) is 62.4 Å². The van der Waals surface area contributed by atoms with Gasteiger partial charge < -0.3 is 41.3 Å². The van der Waals surface area contributed by atoms with Crippen LogP contribution in [0.15, 0.2) is 72.8 Å². The lowest BCUT2D eigenvalue weighted by Crippen LogP contribution is -2.35. The number of hydrogen-bond acceptors (Lipinski definition) is 8. The Hall–Kier alpha value is -6.42. The molecule has 10 nitrogen and oxygen atoms in total. The van der Waals surface area contributed by atoms with Crippen LogP contribution in [0.2, 0.25) is 0 Å². The van der Waals surface area contributed by atoms with Crippen molar-refractivity contribution in [2.24, 2.45) is 5.73 Å². The molecule has 0 spiro atoms. The molecule has 0 heterocycles. The number of hydrogen-bond donors (Lipinski definition) is 7. The van der Waals surface area contributed by atoms with Crippen LogP contribution in [0.1, 0.15) is 67.9 Å². The Morgan fingerprint density at radius 2 is 0.907 bits per heavy atom. The van der Waals surface area contributed by atoms with Crippen molar-refractivity contribution in [1.29, 1.82) is 0 Å². The summed E-state index contributed by atoms with van der Waals surface area (Å²) in [4.78, 5) is 28.5. The molecular weight excluding hydrogens is 684 g/mol. The third-order valence-corrected chi connectivity index (χ3v) is 10.3. The van der Waals surface area contributed by atoms with E-state index in [2.05, 4.69) is 38.1 Å². The van der Waals surface area contributed by atoms with Gasteiger partial charge in [-0.05, 0) is 97.2 Å². The van der Waals surface area contributed by atoms with Gasteiger partial charge in [0.05, 0.1) is 11.1 Å². The summed E-state index contributed by atoms with van der Waals surface area (Å²) in [5.41, 5.74) is 10.5. The maximum absolute atomic E-state index is 14.6. The maximum Gasteiger partial charge on any atom is 0.258 e. The maximum atomic E-state index is 14.6. The molecule has 0 aliphatic heterocycles. The SMILES string of the molecule is CCc1ccc(CCN(CCc2ccc(CC)cc2)C(=O)c2c(O)c(O)cc3c(O)c(-c4c(C)cc5c(C(N)=O)c(O)c(O)cc5c4O)c(C)cc23)cc1. The number of phenols is 6. The standard InChI is InChI=1S/C44H44N2O8/c1-5-25-7-11-27(12-8-25)15-17-46(18-16-28-13-9-26(6-2)10-14-28)44(54)38-30-20-24(4)36(40(50)32(30)22-34(48)42(38)52)35-23(3)19-29-31(39(35)49)21-33(47)41(51)37(29)43(45)53/h7-14,19-22,47-52H,5-6,15-18H2,1-4H3,(H2,45,53). The zero-order valence-corrected chi connectivity index (χ0v) is 30.7. The van der Waals surface area contributed by atoms with Gasteiger partial charge in [0.15, 0.2) is 23.0 Å². The number of aromatic hydroxyl groups is 6. The van der Waals surface area contributed by atoms with E-state index in [1.165, 1.54) is 17.2 Å². The number of amides is 2. The molecule has 6 aromatic rings. The number of carbonyl (C=O) groups excluding carboxylic acids is 2. The molecule has 0 bridgehead atoms. The number of aryl methyl sites for hydroxylation is 4. The third kappa shape index (κ3) is 6.78. The number of phenolic OH excluding ortho intramolecular Hbond substituents is 5. The Kier molecular flexibility index (Phi) is 10.3. The highest BCUT2D eigenvalue weighted by Crippen LogP contribution is 2.51. The predicted molar refractivity (Wildman–Crippen MR) is 210 cm³/mol. The fourth-order valence-corrected chi connectivity index (χ4v) is 7.24. The van der Waals surface area contributed by atoms with Gasteiger partial charge in [-0.3, -0.25) is 9.59 Å². The number of primary amides is 1. The predicted octanol–water partition coefficient (Wildman–Crippen LogP) is 7.66. The van der Waals surface area contributed by atoms with Crippen molar-refractivity contribution in [3.8, 4) is 45.6 Å². The minimum absolute atomic E-state index is 0.00710. The fraction of sp³-hybridized carbons (Fsp3) is 0.227. The van der Waals surface area contributed by atoms with Gasteiger partial charge in [0.2, 0.25) is 0 Å². The molecule has 0 aromatic heterocycles. The number of fused-ring (bicyclic) bond motifs is 2. The Bertz CT molecular complexity index is 2390. The van der Waals surface area contributed by atoms with Crippen LogP contribution >= 0.6 is 0 Å².